The molecule has 0 bridgehead atoms. The van der Waals surface area contributed by atoms with Crippen molar-refractivity contribution in [3.8, 4) is 22.8 Å². The van der Waals surface area contributed by atoms with Gasteiger partial charge >= 0.3 is 5.97 Å². The third kappa shape index (κ3) is 4.88. The summed E-state index contributed by atoms with van der Waals surface area (Å²) in [4.78, 5) is 24.9. The molecule has 1 amide bonds. The van der Waals surface area contributed by atoms with Gasteiger partial charge in [-0.05, 0) is 60.7 Å². The highest BCUT2D eigenvalue weighted by molar-refractivity contribution is 8.26. The first kappa shape index (κ1) is 23.4. The molecule has 2 N–H and O–H groups in total. The van der Waals surface area contributed by atoms with Gasteiger partial charge in [-0.2, -0.15) is 0 Å². The van der Waals surface area contributed by atoms with Crippen LogP contribution >= 0.6 is 24.0 Å². The quantitative estimate of drug-likeness (QED) is 0.209. The smallest absolute Gasteiger partial charge is 0.337 e. The highest BCUT2D eigenvalue weighted by Crippen LogP contribution is 2.37. The zero-order valence-electron chi connectivity index (χ0n) is 18.6. The molecule has 0 saturated carbocycles. The Morgan fingerprint density at radius 1 is 0.972 bits per heavy atom. The number of para-hydroxylation sites is 3. The van der Waals surface area contributed by atoms with Crippen LogP contribution in [0.2, 0.25) is 0 Å². The van der Waals surface area contributed by atoms with Crippen molar-refractivity contribution in [1.29, 1.82) is 0 Å². The molecule has 0 spiro atoms. The van der Waals surface area contributed by atoms with Gasteiger partial charge in [-0.3, -0.25) is 10.2 Å². The van der Waals surface area contributed by atoms with Crippen molar-refractivity contribution < 1.29 is 23.8 Å². The number of thiocarbonyl (C=S) groups is 1. The molecule has 178 valence electrons. The largest absolute Gasteiger partial charge is 0.478 e. The molecule has 1 fully saturated rings. The van der Waals surface area contributed by atoms with Crippen LogP contribution in [-0.2, 0) is 4.79 Å². The number of nitrogens with zero attached hydrogens (tertiary/aromatic N) is 1. The fourth-order valence-electron chi connectivity index (χ4n) is 3.53. The minimum absolute atomic E-state index is 0.0302. The molecule has 0 atom stereocenters. The first-order valence-corrected chi connectivity index (χ1v) is 12.0. The summed E-state index contributed by atoms with van der Waals surface area (Å²) in [5, 5.41) is 10.6. The van der Waals surface area contributed by atoms with E-state index in [0.717, 1.165) is 22.3 Å². The molecule has 1 saturated heterocycles. The first-order chi connectivity index (χ1) is 17.5. The number of nitrogens with one attached hydrogen (secondary N) is 1. The lowest BCUT2D eigenvalue weighted by atomic mass is 10.1. The Bertz CT molecular complexity index is 1500. The normalized spacial score (nSPS) is 14.3. The zero-order valence-corrected chi connectivity index (χ0v) is 20.2. The van der Waals surface area contributed by atoms with Gasteiger partial charge < -0.3 is 14.3 Å². The predicted octanol–water partition coefficient (Wildman–Crippen LogP) is 6.67. The SMILES string of the molecule is O=C(O)c1ccccc1NN1C(=O)/C(=C/c2ccc(-c3ccccc3Oc3ccccc3)o2)SC1=S. The van der Waals surface area contributed by atoms with Gasteiger partial charge in [0.2, 0.25) is 0 Å². The Morgan fingerprint density at radius 3 is 2.50 bits per heavy atom. The summed E-state index contributed by atoms with van der Waals surface area (Å²) in [6.45, 7) is 0. The average Bonchev–Trinajstić information content (AvgIpc) is 3.45. The maximum Gasteiger partial charge on any atom is 0.337 e. The maximum absolute atomic E-state index is 13.0. The zero-order chi connectivity index (χ0) is 25.1. The highest BCUT2D eigenvalue weighted by atomic mass is 32.2. The number of ether oxygens (including phenoxy) is 1. The molecule has 9 heteroatoms. The van der Waals surface area contributed by atoms with E-state index < -0.39 is 11.9 Å². The van der Waals surface area contributed by atoms with E-state index in [-0.39, 0.29) is 15.6 Å². The molecular formula is C27H18N2O5S2. The number of hydrogen-bond donors (Lipinski definition) is 2. The third-order valence-electron chi connectivity index (χ3n) is 5.21. The van der Waals surface area contributed by atoms with Crippen molar-refractivity contribution in [2.24, 2.45) is 0 Å². The fourth-order valence-corrected chi connectivity index (χ4v) is 4.69. The third-order valence-corrected chi connectivity index (χ3v) is 6.51. The standard InChI is InChI=1S/C27H18N2O5S2/c30-25-24(36-27(35)29(25)28-21-12-6-4-10-19(21)26(31)32)16-18-14-15-23(34-18)20-11-5-7-13-22(20)33-17-8-2-1-3-9-17/h1-16,28H,(H,31,32)/b24-16-. The first-order valence-electron chi connectivity index (χ1n) is 10.8. The molecule has 0 unspecified atom stereocenters. The number of carbonyl (C=O) groups excluding carboxylic acids is 1. The van der Waals surface area contributed by atoms with E-state index in [1.807, 2.05) is 54.6 Å². The summed E-state index contributed by atoms with van der Waals surface area (Å²) in [5.41, 5.74) is 3.88. The molecule has 0 aliphatic carbocycles. The number of hydrazine groups is 1. The topological polar surface area (TPSA) is 92.0 Å². The van der Waals surface area contributed by atoms with Crippen molar-refractivity contribution in [2.45, 2.75) is 0 Å². The molecular weight excluding hydrogens is 496 g/mol. The van der Waals surface area contributed by atoms with Crippen LogP contribution < -0.4 is 10.2 Å². The Labute approximate surface area is 216 Å². The van der Waals surface area contributed by atoms with Crippen molar-refractivity contribution in [2.75, 3.05) is 5.43 Å². The highest BCUT2D eigenvalue weighted by Gasteiger charge is 2.33. The number of carbonyl (C=O) groups is 2. The van der Waals surface area contributed by atoms with Crippen LogP contribution in [-0.4, -0.2) is 26.3 Å². The van der Waals surface area contributed by atoms with Gasteiger partial charge in [0, 0.05) is 6.08 Å². The van der Waals surface area contributed by atoms with Crippen molar-refractivity contribution >= 4 is 51.9 Å². The van der Waals surface area contributed by atoms with Gasteiger partial charge in [-0.25, -0.2) is 9.80 Å². The van der Waals surface area contributed by atoms with Gasteiger partial charge in [-0.1, -0.05) is 54.2 Å². The molecule has 7 nitrogen and oxygen atoms in total. The van der Waals surface area contributed by atoms with Gasteiger partial charge in [0.1, 0.15) is 23.0 Å². The van der Waals surface area contributed by atoms with Crippen molar-refractivity contribution in [3.63, 3.8) is 0 Å². The fraction of sp³-hybridized carbons (Fsp3) is 0. The van der Waals surface area contributed by atoms with Gasteiger partial charge in [-0.15, -0.1) is 0 Å². The van der Waals surface area contributed by atoms with E-state index in [1.54, 1.807) is 36.4 Å². The number of benzene rings is 3. The van der Waals surface area contributed by atoms with E-state index in [2.05, 4.69) is 5.43 Å². The summed E-state index contributed by atoms with van der Waals surface area (Å²) < 4.78 is 12.3. The van der Waals surface area contributed by atoms with Crippen LogP contribution in [0, 0.1) is 0 Å². The molecule has 36 heavy (non-hydrogen) atoms. The van der Waals surface area contributed by atoms with Crippen LogP contribution in [0.5, 0.6) is 11.5 Å². The second kappa shape index (κ2) is 10.1. The molecule has 5 rings (SSSR count). The molecule has 2 heterocycles. The summed E-state index contributed by atoms with van der Waals surface area (Å²) in [6.07, 6.45) is 1.61. The van der Waals surface area contributed by atoms with Crippen LogP contribution in [0.1, 0.15) is 16.1 Å². The van der Waals surface area contributed by atoms with Crippen molar-refractivity contribution in [3.05, 3.63) is 107 Å². The van der Waals surface area contributed by atoms with Crippen molar-refractivity contribution in [1.82, 2.24) is 5.01 Å². The number of rotatable bonds is 7. The monoisotopic (exact) mass is 514 g/mol. The number of carboxylic acid groups (broad SMARTS) is 1. The number of amides is 1. The van der Waals surface area contributed by atoms with E-state index >= 15 is 0 Å². The Kier molecular flexibility index (Phi) is 6.57. The van der Waals surface area contributed by atoms with Gasteiger partial charge in [0.05, 0.1) is 21.7 Å². The average molecular weight is 515 g/mol. The molecule has 3 aromatic carbocycles. The second-order valence-electron chi connectivity index (χ2n) is 7.59. The number of carboxylic acids is 1. The maximum atomic E-state index is 13.0. The van der Waals surface area contributed by atoms with Crippen LogP contribution in [0.15, 0.2) is 100 Å². The number of anilines is 1. The number of thioether (sulfide) groups is 1. The minimum atomic E-state index is -1.11. The van der Waals surface area contributed by atoms with E-state index in [9.17, 15) is 14.7 Å². The second-order valence-corrected chi connectivity index (χ2v) is 9.27. The predicted molar refractivity (Wildman–Crippen MR) is 143 cm³/mol. The molecule has 0 radical (unpaired) electrons. The van der Waals surface area contributed by atoms with Crippen LogP contribution in [0.25, 0.3) is 17.4 Å². The van der Waals surface area contributed by atoms with E-state index in [4.69, 9.17) is 21.4 Å². The molecule has 1 aromatic heterocycles. The summed E-state index contributed by atoms with van der Waals surface area (Å²) in [7, 11) is 0. The summed E-state index contributed by atoms with van der Waals surface area (Å²) in [5.74, 6) is 0.868. The number of hydrogen-bond acceptors (Lipinski definition) is 7. The number of furan rings is 1. The number of aromatic carboxylic acids is 1. The van der Waals surface area contributed by atoms with E-state index in [0.29, 0.717) is 27.9 Å². The van der Waals surface area contributed by atoms with Crippen LogP contribution in [0.3, 0.4) is 0 Å². The lowest BCUT2D eigenvalue weighted by Crippen LogP contribution is -2.34. The van der Waals surface area contributed by atoms with Gasteiger partial charge in [0.15, 0.2) is 4.32 Å². The summed E-state index contributed by atoms with van der Waals surface area (Å²) >= 11 is 6.44. The Hall–Kier alpha value is -4.34. The molecule has 4 aromatic rings. The lowest BCUT2D eigenvalue weighted by Gasteiger charge is -2.18. The molecule has 1 aliphatic rings. The Morgan fingerprint density at radius 2 is 1.69 bits per heavy atom. The Balaban J connectivity index is 1.37. The van der Waals surface area contributed by atoms with E-state index in [1.165, 1.54) is 6.07 Å². The lowest BCUT2D eigenvalue weighted by molar-refractivity contribution is -0.121. The van der Waals surface area contributed by atoms with Gasteiger partial charge in [0.25, 0.3) is 5.91 Å². The summed E-state index contributed by atoms with van der Waals surface area (Å²) in [6, 6.07) is 26.8. The van der Waals surface area contributed by atoms with Crippen LogP contribution in [0.4, 0.5) is 5.69 Å². The molecule has 1 aliphatic heterocycles. The minimum Gasteiger partial charge on any atom is -0.478 e.